The maximum absolute atomic E-state index is 10.2. The van der Waals surface area contributed by atoms with Crippen molar-refractivity contribution in [2.75, 3.05) is 23.8 Å². The van der Waals surface area contributed by atoms with Gasteiger partial charge in [-0.1, -0.05) is 12.1 Å². The maximum Gasteiger partial charge on any atom is 0.156 e. The summed E-state index contributed by atoms with van der Waals surface area (Å²) in [6.07, 6.45) is -9.27. The molecule has 0 radical (unpaired) electrons. The quantitative estimate of drug-likeness (QED) is 0.220. The van der Waals surface area contributed by atoms with E-state index in [4.69, 9.17) is 14.5 Å². The third-order valence-corrected chi connectivity index (χ3v) is 6.23. The Morgan fingerprint density at radius 1 is 0.618 bits per heavy atom. The first-order chi connectivity index (χ1) is 16.3. The van der Waals surface area contributed by atoms with Crippen LogP contribution in [0.5, 0.6) is 0 Å². The van der Waals surface area contributed by atoms with E-state index in [2.05, 4.69) is 10.6 Å². The summed E-state index contributed by atoms with van der Waals surface area (Å²) in [4.78, 5) is 4.71. The molecule has 1 aromatic heterocycles. The lowest BCUT2D eigenvalue weighted by atomic mass is 10.0. The first-order valence-electron chi connectivity index (χ1n) is 11.0. The molecule has 3 aromatic rings. The molecular formula is C23H27N3O8. The standard InChI is InChI=1S/C23H27N3O8/c27-16-8-33-22(20(31)18(16)29)24-12-3-1-10-5-11-2-4-13(7-15(11)26-14(10)6-12)25-23-21(32)19(30)17(28)9-34-23/h1-7,16-25,27-32H,8-9H2/t16-,17-,18-,19-,20-,21-,22+,23+/m1/s1. The first-order valence-corrected chi connectivity index (χ1v) is 11.0. The molecule has 34 heavy (non-hydrogen) atoms. The van der Waals surface area contributed by atoms with Gasteiger partial charge in [-0.25, -0.2) is 4.98 Å². The van der Waals surface area contributed by atoms with Crippen LogP contribution in [-0.2, 0) is 9.47 Å². The molecule has 8 atom stereocenters. The number of nitrogens with zero attached hydrogens (tertiary/aromatic N) is 1. The first kappa shape index (κ1) is 23.1. The Balaban J connectivity index is 1.37. The molecule has 0 amide bonds. The molecule has 0 spiro atoms. The smallest absolute Gasteiger partial charge is 0.156 e. The molecule has 11 heteroatoms. The third-order valence-electron chi connectivity index (χ3n) is 6.23. The number of nitrogens with one attached hydrogen (secondary N) is 2. The van der Waals surface area contributed by atoms with Gasteiger partial charge in [0, 0.05) is 22.1 Å². The van der Waals surface area contributed by atoms with Gasteiger partial charge in [-0.05, 0) is 30.3 Å². The molecule has 0 unspecified atom stereocenters. The highest BCUT2D eigenvalue weighted by molar-refractivity contribution is 5.95. The lowest BCUT2D eigenvalue weighted by Crippen LogP contribution is -2.55. The fraction of sp³-hybridized carbons (Fsp3) is 0.435. The number of rotatable bonds is 4. The minimum atomic E-state index is -1.31. The molecule has 2 saturated heterocycles. The molecule has 3 heterocycles. The lowest BCUT2D eigenvalue weighted by molar-refractivity contribution is -0.178. The van der Waals surface area contributed by atoms with E-state index in [0.29, 0.717) is 22.4 Å². The van der Waals surface area contributed by atoms with E-state index in [1.54, 1.807) is 24.3 Å². The second-order valence-electron chi connectivity index (χ2n) is 8.70. The zero-order valence-corrected chi connectivity index (χ0v) is 18.0. The summed E-state index contributed by atoms with van der Waals surface area (Å²) in [5, 5.41) is 67.1. The largest absolute Gasteiger partial charge is 0.388 e. The van der Waals surface area contributed by atoms with Crippen molar-refractivity contribution in [1.82, 2.24) is 4.98 Å². The van der Waals surface area contributed by atoms with Crippen molar-refractivity contribution in [1.29, 1.82) is 0 Å². The average Bonchev–Trinajstić information content (AvgIpc) is 2.83. The predicted molar refractivity (Wildman–Crippen MR) is 122 cm³/mol. The Morgan fingerprint density at radius 3 is 1.50 bits per heavy atom. The van der Waals surface area contributed by atoms with Crippen LogP contribution >= 0.6 is 0 Å². The van der Waals surface area contributed by atoms with Crippen molar-refractivity contribution in [3.05, 3.63) is 42.5 Å². The van der Waals surface area contributed by atoms with E-state index in [9.17, 15) is 30.6 Å². The van der Waals surface area contributed by atoms with Crippen LogP contribution < -0.4 is 10.6 Å². The summed E-state index contributed by atoms with van der Waals surface area (Å²) >= 11 is 0. The van der Waals surface area contributed by atoms with Gasteiger partial charge in [0.05, 0.1) is 24.2 Å². The molecular weight excluding hydrogens is 446 g/mol. The Hall–Kier alpha value is -2.61. The van der Waals surface area contributed by atoms with Crippen LogP contribution in [0.25, 0.3) is 21.8 Å². The van der Waals surface area contributed by atoms with Crippen molar-refractivity contribution < 1.29 is 40.1 Å². The molecule has 11 nitrogen and oxygen atoms in total. The molecule has 2 fully saturated rings. The van der Waals surface area contributed by atoms with Gasteiger partial charge in [0.2, 0.25) is 0 Å². The summed E-state index contributed by atoms with van der Waals surface area (Å²) < 4.78 is 10.8. The summed E-state index contributed by atoms with van der Waals surface area (Å²) in [7, 11) is 0. The topological polar surface area (TPSA) is 177 Å². The molecule has 2 aliphatic heterocycles. The van der Waals surface area contributed by atoms with Gasteiger partial charge in [-0.2, -0.15) is 0 Å². The normalized spacial score (nSPS) is 34.3. The monoisotopic (exact) mass is 473 g/mol. The second kappa shape index (κ2) is 9.21. The Morgan fingerprint density at radius 2 is 1.06 bits per heavy atom. The number of aromatic nitrogens is 1. The van der Waals surface area contributed by atoms with Gasteiger partial charge in [0.15, 0.2) is 12.5 Å². The Labute approximate surface area is 194 Å². The molecule has 0 saturated carbocycles. The molecule has 5 rings (SSSR count). The highest BCUT2D eigenvalue weighted by atomic mass is 16.5. The fourth-order valence-electron chi connectivity index (χ4n) is 4.20. The number of hydrogen-bond acceptors (Lipinski definition) is 11. The van der Waals surface area contributed by atoms with Crippen molar-refractivity contribution >= 4 is 33.2 Å². The van der Waals surface area contributed by atoms with Gasteiger partial charge in [0.25, 0.3) is 0 Å². The zero-order valence-electron chi connectivity index (χ0n) is 18.0. The van der Waals surface area contributed by atoms with Crippen molar-refractivity contribution in [2.45, 2.75) is 49.1 Å². The number of fused-ring (bicyclic) bond motifs is 2. The van der Waals surface area contributed by atoms with Crippen molar-refractivity contribution in [3.63, 3.8) is 0 Å². The van der Waals surface area contributed by atoms with Gasteiger partial charge in [0.1, 0.15) is 36.6 Å². The SMILES string of the molecule is O[C@@H]1[C@H](O)[C@H](O)CO[C@@H]1Nc1ccc2cc3ccc(N[C@H]4OC[C@@H](O)[C@@H](O)[C@H]4O)cc3nc2c1. The average molecular weight is 473 g/mol. The van der Waals surface area contributed by atoms with Crippen molar-refractivity contribution in [3.8, 4) is 0 Å². The zero-order chi connectivity index (χ0) is 24.0. The van der Waals surface area contributed by atoms with Crippen LogP contribution in [0.1, 0.15) is 0 Å². The Kier molecular flexibility index (Phi) is 6.27. The van der Waals surface area contributed by atoms with Crippen LogP contribution in [0.4, 0.5) is 11.4 Å². The van der Waals surface area contributed by atoms with Crippen LogP contribution in [0.2, 0.25) is 0 Å². The van der Waals surface area contributed by atoms with Gasteiger partial charge < -0.3 is 50.7 Å². The summed E-state index contributed by atoms with van der Waals surface area (Å²) in [5.74, 6) is 0. The van der Waals surface area contributed by atoms with Crippen LogP contribution in [0.15, 0.2) is 42.5 Å². The molecule has 0 aliphatic carbocycles. The fourth-order valence-corrected chi connectivity index (χ4v) is 4.20. The number of anilines is 2. The summed E-state index contributed by atoms with van der Waals surface area (Å²) in [5.41, 5.74) is 2.58. The summed E-state index contributed by atoms with van der Waals surface area (Å²) in [6.45, 7) is -0.199. The van der Waals surface area contributed by atoms with Crippen LogP contribution in [0.3, 0.4) is 0 Å². The molecule has 0 bridgehead atoms. The molecule has 2 aromatic carbocycles. The maximum atomic E-state index is 10.2. The highest BCUT2D eigenvalue weighted by Gasteiger charge is 2.38. The van der Waals surface area contributed by atoms with E-state index in [0.717, 1.165) is 10.8 Å². The lowest BCUT2D eigenvalue weighted by Gasteiger charge is -2.36. The van der Waals surface area contributed by atoms with E-state index < -0.39 is 49.1 Å². The number of pyridine rings is 1. The molecule has 8 N–H and O–H groups in total. The van der Waals surface area contributed by atoms with Crippen molar-refractivity contribution in [2.24, 2.45) is 0 Å². The second-order valence-corrected chi connectivity index (χ2v) is 8.70. The molecule has 2 aliphatic rings. The number of ether oxygens (including phenoxy) is 2. The third kappa shape index (κ3) is 4.40. The van der Waals surface area contributed by atoms with Gasteiger partial charge in [-0.3, -0.25) is 0 Å². The predicted octanol–water partition coefficient (Wildman–Crippen LogP) is -0.910. The number of aliphatic hydroxyl groups excluding tert-OH is 6. The minimum absolute atomic E-state index is 0.0997. The van der Waals surface area contributed by atoms with E-state index in [-0.39, 0.29) is 13.2 Å². The van der Waals surface area contributed by atoms with E-state index >= 15 is 0 Å². The number of hydrogen-bond donors (Lipinski definition) is 8. The van der Waals surface area contributed by atoms with E-state index in [1.807, 2.05) is 18.2 Å². The van der Waals surface area contributed by atoms with Gasteiger partial charge >= 0.3 is 0 Å². The number of aliphatic hydroxyl groups is 6. The van der Waals surface area contributed by atoms with E-state index in [1.165, 1.54) is 0 Å². The number of benzene rings is 2. The Bertz CT molecular complexity index is 1090. The van der Waals surface area contributed by atoms with Gasteiger partial charge in [-0.15, -0.1) is 0 Å². The minimum Gasteiger partial charge on any atom is -0.388 e. The molecule has 182 valence electrons. The van der Waals surface area contributed by atoms with Crippen LogP contribution in [-0.4, -0.2) is 97.9 Å². The summed E-state index contributed by atoms with van der Waals surface area (Å²) in [6, 6.07) is 12.9. The van der Waals surface area contributed by atoms with Crippen LogP contribution in [0, 0.1) is 0 Å². The highest BCUT2D eigenvalue weighted by Crippen LogP contribution is 2.27.